The Morgan fingerprint density at radius 2 is 1.75 bits per heavy atom. The van der Waals surface area contributed by atoms with E-state index < -0.39 is 0 Å². The zero-order chi connectivity index (χ0) is 30.6. The average Bonchev–Trinajstić information content (AvgIpc) is 2.89. The highest BCUT2D eigenvalue weighted by molar-refractivity contribution is 5.69. The molecule has 0 aliphatic carbocycles. The molecule has 0 aliphatic rings. The predicted molar refractivity (Wildman–Crippen MR) is 174 cm³/mol. The molecule has 222 valence electrons. The van der Waals surface area contributed by atoms with Crippen molar-refractivity contribution in [1.29, 1.82) is 0 Å². The topological polar surface area (TPSA) is 83.0 Å². The van der Waals surface area contributed by atoms with Crippen molar-refractivity contribution in [3.63, 3.8) is 0 Å². The minimum absolute atomic E-state index is 0.00772. The molecule has 0 spiro atoms. The van der Waals surface area contributed by atoms with Crippen LogP contribution in [0.15, 0.2) is 83.6 Å². The maximum atomic E-state index is 6.37. The minimum atomic E-state index is 0.00772. The lowest BCUT2D eigenvalue weighted by Gasteiger charge is -2.25. The van der Waals surface area contributed by atoms with Gasteiger partial charge in [-0.1, -0.05) is 57.7 Å². The van der Waals surface area contributed by atoms with Crippen molar-refractivity contribution in [1.82, 2.24) is 15.1 Å². The molecule has 1 rings (SSSR count). The van der Waals surface area contributed by atoms with Crippen LogP contribution >= 0.6 is 0 Å². The first-order valence-electron chi connectivity index (χ1n) is 13.8. The molecule has 1 aromatic rings. The van der Waals surface area contributed by atoms with E-state index in [-0.39, 0.29) is 5.41 Å². The second-order valence-electron chi connectivity index (χ2n) is 11.5. The molecule has 0 unspecified atom stereocenters. The number of nitrogens with zero attached hydrogens (tertiary/aromatic N) is 3. The summed E-state index contributed by atoms with van der Waals surface area (Å²) in [5.41, 5.74) is 13.6. The molecule has 0 aliphatic heterocycles. The van der Waals surface area contributed by atoms with Gasteiger partial charge in [0.2, 0.25) is 0 Å². The van der Waals surface area contributed by atoms with Crippen LogP contribution in [-0.2, 0) is 4.74 Å². The molecule has 7 nitrogen and oxygen atoms in total. The first kappa shape index (κ1) is 34.8. The maximum Gasteiger partial charge on any atom is 0.139 e. The van der Waals surface area contributed by atoms with Gasteiger partial charge in [-0.15, -0.1) is 0 Å². The van der Waals surface area contributed by atoms with Gasteiger partial charge in [0.1, 0.15) is 5.76 Å². The number of hydrazine groups is 1. The highest BCUT2D eigenvalue weighted by Crippen LogP contribution is 2.29. The van der Waals surface area contributed by atoms with E-state index in [1.165, 1.54) is 5.57 Å². The van der Waals surface area contributed by atoms with Crippen molar-refractivity contribution in [2.24, 2.45) is 17.0 Å². The Balaban J connectivity index is 3.35. The van der Waals surface area contributed by atoms with Crippen LogP contribution in [0.25, 0.3) is 5.70 Å². The van der Waals surface area contributed by atoms with Crippen LogP contribution in [0, 0.1) is 12.3 Å². The number of hydrogen-bond acceptors (Lipinski definition) is 7. The van der Waals surface area contributed by atoms with Crippen LogP contribution in [0.2, 0.25) is 0 Å². The zero-order valence-electron chi connectivity index (χ0n) is 26.9. The average molecular weight is 551 g/mol. The van der Waals surface area contributed by atoms with Crippen molar-refractivity contribution >= 4 is 11.4 Å². The van der Waals surface area contributed by atoms with Crippen LogP contribution in [0.5, 0.6) is 0 Å². The summed E-state index contributed by atoms with van der Waals surface area (Å²) in [7, 11) is 8.02. The summed E-state index contributed by atoms with van der Waals surface area (Å²) in [6.07, 6.45) is 9.99. The Bertz CT molecular complexity index is 1150. The van der Waals surface area contributed by atoms with Gasteiger partial charge < -0.3 is 25.6 Å². The van der Waals surface area contributed by atoms with Crippen LogP contribution in [-0.4, -0.2) is 57.7 Å². The van der Waals surface area contributed by atoms with E-state index in [9.17, 15) is 0 Å². The molecular weight excluding hydrogens is 496 g/mol. The van der Waals surface area contributed by atoms with Gasteiger partial charge in [0.15, 0.2) is 0 Å². The summed E-state index contributed by atoms with van der Waals surface area (Å²) in [4.78, 5) is 4.50. The lowest BCUT2D eigenvalue weighted by Crippen LogP contribution is -2.30. The van der Waals surface area contributed by atoms with Gasteiger partial charge in [-0.3, -0.25) is 5.01 Å². The van der Waals surface area contributed by atoms with E-state index in [1.807, 2.05) is 51.2 Å². The Hall–Kier alpha value is -3.26. The maximum absolute atomic E-state index is 6.37. The number of nitrogens with two attached hydrogens (primary N) is 2. The number of ether oxygens (including phenoxy) is 1. The molecule has 0 aromatic heterocycles. The standard InChI is InChI=1S/C33H54N6O/c1-13-24(3)30(34)23-39(35)31-20-27(16-15-25(31)4)26(5)36-21-32(40-12)28(19-29(14-2)33(6,7)8)22-38(11)18-17-37(9)10/h13-16,19-21,23,36H,5,17-18,22,34-35H2,1-4,6-12H3/b24-13+,28-19-,29-14+,30-23-,32-21-. The van der Waals surface area contributed by atoms with Gasteiger partial charge in [0.05, 0.1) is 18.5 Å². The number of anilines is 1. The lowest BCUT2D eigenvalue weighted by atomic mass is 9.85. The molecule has 0 bridgehead atoms. The van der Waals surface area contributed by atoms with Gasteiger partial charge in [-0.2, -0.15) is 0 Å². The number of rotatable bonds is 14. The van der Waals surface area contributed by atoms with E-state index in [0.29, 0.717) is 5.70 Å². The fourth-order valence-corrected chi connectivity index (χ4v) is 3.94. The van der Waals surface area contributed by atoms with Gasteiger partial charge in [-0.05, 0) is 82.6 Å². The molecule has 0 fully saturated rings. The third kappa shape index (κ3) is 11.1. The molecule has 0 radical (unpaired) electrons. The molecule has 0 saturated carbocycles. The largest absolute Gasteiger partial charge is 0.495 e. The molecular formula is C33H54N6O. The Morgan fingerprint density at radius 1 is 1.10 bits per heavy atom. The summed E-state index contributed by atoms with van der Waals surface area (Å²) < 4.78 is 5.91. The summed E-state index contributed by atoms with van der Waals surface area (Å²) in [6.45, 7) is 21.6. The fourth-order valence-electron chi connectivity index (χ4n) is 3.94. The second-order valence-corrected chi connectivity index (χ2v) is 11.5. The number of likely N-dealkylation sites (N-methyl/N-ethyl adjacent to an activating group) is 2. The summed E-state index contributed by atoms with van der Waals surface area (Å²) in [5, 5.41) is 4.92. The third-order valence-electron chi connectivity index (χ3n) is 6.79. The Kier molecular flexibility index (Phi) is 14.0. The molecule has 7 heteroatoms. The first-order chi connectivity index (χ1) is 18.6. The SMILES string of the molecule is C=C(N/C=C(OC)/C(=C\C(=C/C)C(C)(C)C)CN(C)CCN(C)C)c1ccc(C)c(N(N)/C=C(N)/C(C)=C/C)c1. The minimum Gasteiger partial charge on any atom is -0.495 e. The fraction of sp³-hybridized carbons (Fsp3) is 0.455. The van der Waals surface area contributed by atoms with Gasteiger partial charge in [0, 0.05) is 43.3 Å². The Labute approximate surface area is 244 Å². The first-order valence-corrected chi connectivity index (χ1v) is 13.8. The Morgan fingerprint density at radius 3 is 2.27 bits per heavy atom. The van der Waals surface area contributed by atoms with Gasteiger partial charge >= 0.3 is 0 Å². The number of hydrogen-bond donors (Lipinski definition) is 3. The molecule has 0 amide bonds. The summed E-state index contributed by atoms with van der Waals surface area (Å²) in [6, 6.07) is 6.05. The van der Waals surface area contributed by atoms with Crippen molar-refractivity contribution in [2.75, 3.05) is 52.9 Å². The molecule has 0 heterocycles. The number of allylic oxidation sites excluding steroid dienone is 5. The van der Waals surface area contributed by atoms with Crippen molar-refractivity contribution in [3.8, 4) is 0 Å². The van der Waals surface area contributed by atoms with E-state index in [2.05, 4.69) is 82.7 Å². The monoisotopic (exact) mass is 550 g/mol. The van der Waals surface area contributed by atoms with Crippen LogP contribution < -0.4 is 21.9 Å². The number of aryl methyl sites for hydroxylation is 1. The number of nitrogens with one attached hydrogen (secondary N) is 1. The van der Waals surface area contributed by atoms with Gasteiger partial charge in [0.25, 0.3) is 0 Å². The van der Waals surface area contributed by atoms with E-state index >= 15 is 0 Å². The summed E-state index contributed by atoms with van der Waals surface area (Å²) >= 11 is 0. The third-order valence-corrected chi connectivity index (χ3v) is 6.79. The van der Waals surface area contributed by atoms with Crippen LogP contribution in [0.3, 0.4) is 0 Å². The normalized spacial score (nSPS) is 14.2. The second kappa shape index (κ2) is 16.1. The smallest absolute Gasteiger partial charge is 0.139 e. The molecule has 1 aromatic carbocycles. The highest BCUT2D eigenvalue weighted by atomic mass is 16.5. The van der Waals surface area contributed by atoms with Crippen LogP contribution in [0.1, 0.15) is 52.7 Å². The quantitative estimate of drug-likeness (QED) is 0.115. The van der Waals surface area contributed by atoms with Crippen LogP contribution in [0.4, 0.5) is 5.69 Å². The van der Waals surface area contributed by atoms with Gasteiger partial charge in [-0.25, -0.2) is 5.84 Å². The van der Waals surface area contributed by atoms with E-state index in [0.717, 1.165) is 59.1 Å². The van der Waals surface area contributed by atoms with Crippen molar-refractivity contribution in [2.45, 2.75) is 48.5 Å². The zero-order valence-corrected chi connectivity index (χ0v) is 26.9. The lowest BCUT2D eigenvalue weighted by molar-refractivity contribution is 0.270. The van der Waals surface area contributed by atoms with E-state index in [1.54, 1.807) is 18.3 Å². The summed E-state index contributed by atoms with van der Waals surface area (Å²) in [5.74, 6) is 7.13. The predicted octanol–water partition coefficient (Wildman–Crippen LogP) is 5.90. The number of methoxy groups -OCH3 is 1. The molecule has 0 saturated heterocycles. The number of benzene rings is 1. The molecule has 40 heavy (non-hydrogen) atoms. The van der Waals surface area contributed by atoms with E-state index in [4.69, 9.17) is 16.3 Å². The molecule has 5 N–H and O–H groups in total. The molecule has 0 atom stereocenters. The van der Waals surface area contributed by atoms with Crippen molar-refractivity contribution < 1.29 is 4.74 Å². The van der Waals surface area contributed by atoms with Crippen molar-refractivity contribution in [3.05, 3.63) is 94.7 Å². The highest BCUT2D eigenvalue weighted by Gasteiger charge is 2.18.